The highest BCUT2D eigenvalue weighted by Gasteiger charge is 2.59. The van der Waals surface area contributed by atoms with Crippen molar-refractivity contribution >= 4 is 29.2 Å². The van der Waals surface area contributed by atoms with Crippen LogP contribution in [0.1, 0.15) is 15.9 Å². The molecule has 1 atom stereocenters. The van der Waals surface area contributed by atoms with Crippen molar-refractivity contribution in [1.82, 2.24) is 10.6 Å². The van der Waals surface area contributed by atoms with Crippen LogP contribution in [0.3, 0.4) is 0 Å². The smallest absolute Gasteiger partial charge is 0.349 e. The largest absolute Gasteiger partial charge is 0.417 e. The first kappa shape index (κ1) is 19.0. The van der Waals surface area contributed by atoms with E-state index in [1.54, 1.807) is 0 Å². The lowest BCUT2D eigenvalue weighted by Gasteiger charge is -2.41. The van der Waals surface area contributed by atoms with E-state index in [1.165, 1.54) is 12.1 Å². The van der Waals surface area contributed by atoms with Crippen LogP contribution in [0.25, 0.3) is 0 Å². The third-order valence-corrected chi connectivity index (χ3v) is 4.36. The van der Waals surface area contributed by atoms with Crippen LogP contribution in [0, 0.1) is 5.82 Å². The Bertz CT molecular complexity index is 902. The maximum atomic E-state index is 14.0. The van der Waals surface area contributed by atoms with Gasteiger partial charge < -0.3 is 16.0 Å². The molecule has 2 aromatic carbocycles. The van der Waals surface area contributed by atoms with E-state index in [2.05, 4.69) is 10.6 Å². The average molecular weight is 402 g/mol. The Morgan fingerprint density at radius 2 is 1.81 bits per heavy atom. The number of alkyl halides is 3. The third kappa shape index (κ3) is 3.55. The zero-order chi connectivity index (χ0) is 19.8. The van der Waals surface area contributed by atoms with Gasteiger partial charge in [0.1, 0.15) is 5.82 Å². The molecule has 3 rings (SSSR count). The van der Waals surface area contributed by atoms with Gasteiger partial charge in [0.15, 0.2) is 5.54 Å². The van der Waals surface area contributed by atoms with Gasteiger partial charge in [0.25, 0.3) is 5.91 Å². The number of hydrogen-bond donors (Lipinski definition) is 3. The third-order valence-electron chi connectivity index (χ3n) is 4.12. The summed E-state index contributed by atoms with van der Waals surface area (Å²) in [4.78, 5) is 24.0. The molecule has 0 saturated carbocycles. The Hall–Kier alpha value is -2.81. The van der Waals surface area contributed by atoms with Crippen LogP contribution < -0.4 is 16.0 Å². The molecule has 0 aromatic heterocycles. The van der Waals surface area contributed by atoms with E-state index in [9.17, 15) is 27.2 Å². The second-order valence-electron chi connectivity index (χ2n) is 5.86. The van der Waals surface area contributed by atoms with Crippen LogP contribution in [-0.2, 0) is 5.54 Å². The Kier molecular flexibility index (Phi) is 4.73. The number of carbonyl (C=O) groups is 2. The zero-order valence-corrected chi connectivity index (χ0v) is 14.2. The quantitative estimate of drug-likeness (QED) is 0.685. The molecule has 0 saturated heterocycles. The second-order valence-corrected chi connectivity index (χ2v) is 6.30. The number of benzene rings is 2. The SMILES string of the molecule is O=C1Nc2ccc(Cl)cc2[C@](CNC(=O)c2ccc(F)cc2)(C(F)(F)F)N1. The summed E-state index contributed by atoms with van der Waals surface area (Å²) in [5.41, 5.74) is -3.32. The number of urea groups is 1. The van der Waals surface area contributed by atoms with E-state index in [0.717, 1.165) is 30.3 Å². The average Bonchev–Trinajstić information content (AvgIpc) is 2.59. The minimum Gasteiger partial charge on any atom is -0.349 e. The number of hydrogen-bond acceptors (Lipinski definition) is 2. The van der Waals surface area contributed by atoms with Gasteiger partial charge in [-0.05, 0) is 42.5 Å². The van der Waals surface area contributed by atoms with E-state index in [-0.39, 0.29) is 21.8 Å². The van der Waals surface area contributed by atoms with Gasteiger partial charge in [-0.15, -0.1) is 0 Å². The topological polar surface area (TPSA) is 70.2 Å². The van der Waals surface area contributed by atoms with Crippen molar-refractivity contribution in [3.8, 4) is 0 Å². The van der Waals surface area contributed by atoms with Crippen LogP contribution >= 0.6 is 11.6 Å². The summed E-state index contributed by atoms with van der Waals surface area (Å²) in [5.74, 6) is -1.44. The van der Waals surface area contributed by atoms with Crippen molar-refractivity contribution in [3.05, 3.63) is 64.4 Å². The van der Waals surface area contributed by atoms with E-state index < -0.39 is 36.0 Å². The number of amides is 3. The fourth-order valence-corrected chi connectivity index (χ4v) is 2.94. The molecule has 0 spiro atoms. The Labute approximate surface area is 155 Å². The molecule has 0 unspecified atom stereocenters. The molecule has 27 heavy (non-hydrogen) atoms. The molecule has 0 aliphatic carbocycles. The summed E-state index contributed by atoms with van der Waals surface area (Å²) in [6, 6.07) is 6.88. The number of fused-ring (bicyclic) bond motifs is 1. The van der Waals surface area contributed by atoms with Gasteiger partial charge in [-0.3, -0.25) is 4.79 Å². The lowest BCUT2D eigenvalue weighted by atomic mass is 9.86. The highest BCUT2D eigenvalue weighted by atomic mass is 35.5. The predicted molar refractivity (Wildman–Crippen MR) is 90.1 cm³/mol. The molecule has 0 fully saturated rings. The molecule has 1 aliphatic heterocycles. The molecule has 2 aromatic rings. The highest BCUT2D eigenvalue weighted by molar-refractivity contribution is 6.30. The molecule has 3 amide bonds. The first-order valence-corrected chi connectivity index (χ1v) is 8.00. The molecule has 142 valence electrons. The fourth-order valence-electron chi connectivity index (χ4n) is 2.77. The predicted octanol–water partition coefficient (Wildman–Crippen LogP) is 3.80. The standard InChI is InChI=1S/C17H12ClF4N3O2/c18-10-3-6-13-12(7-10)16(17(20,21)22,25-15(27)24-13)8-23-14(26)9-1-4-11(19)5-2-9/h1-7H,8H2,(H,23,26)(H2,24,25,27)/t16-/m1/s1. The first-order chi connectivity index (χ1) is 12.6. The van der Waals surface area contributed by atoms with Crippen molar-refractivity contribution in [3.63, 3.8) is 0 Å². The normalized spacial score (nSPS) is 18.9. The van der Waals surface area contributed by atoms with Gasteiger partial charge in [-0.1, -0.05) is 11.6 Å². The minimum absolute atomic E-state index is 0.0275. The lowest BCUT2D eigenvalue weighted by Crippen LogP contribution is -2.64. The van der Waals surface area contributed by atoms with E-state index in [4.69, 9.17) is 11.6 Å². The van der Waals surface area contributed by atoms with Crippen LogP contribution in [0.2, 0.25) is 5.02 Å². The molecule has 0 bridgehead atoms. The summed E-state index contributed by atoms with van der Waals surface area (Å²) in [7, 11) is 0. The Morgan fingerprint density at radius 1 is 1.15 bits per heavy atom. The minimum atomic E-state index is -4.94. The van der Waals surface area contributed by atoms with Crippen molar-refractivity contribution in [2.75, 3.05) is 11.9 Å². The molecule has 5 nitrogen and oxygen atoms in total. The van der Waals surface area contributed by atoms with Crippen molar-refractivity contribution in [2.45, 2.75) is 11.7 Å². The van der Waals surface area contributed by atoms with E-state index in [1.807, 2.05) is 5.32 Å². The van der Waals surface area contributed by atoms with Crippen molar-refractivity contribution in [1.29, 1.82) is 0 Å². The number of nitrogens with one attached hydrogen (secondary N) is 3. The summed E-state index contributed by atoms with van der Waals surface area (Å²) in [5, 5.41) is 6.32. The molecule has 1 aliphatic rings. The van der Waals surface area contributed by atoms with Crippen molar-refractivity contribution < 1.29 is 27.2 Å². The van der Waals surface area contributed by atoms with E-state index >= 15 is 0 Å². The highest BCUT2D eigenvalue weighted by Crippen LogP contribution is 2.44. The van der Waals surface area contributed by atoms with Crippen LogP contribution in [0.4, 0.5) is 28.0 Å². The van der Waals surface area contributed by atoms with Gasteiger partial charge in [-0.25, -0.2) is 9.18 Å². The zero-order valence-electron chi connectivity index (χ0n) is 13.5. The number of carbonyl (C=O) groups excluding carboxylic acids is 2. The number of halogens is 5. The lowest BCUT2D eigenvalue weighted by molar-refractivity contribution is -0.195. The van der Waals surface area contributed by atoms with Gasteiger partial charge in [0, 0.05) is 21.8 Å². The summed E-state index contributed by atoms with van der Waals surface area (Å²) in [6.45, 7) is -0.979. The van der Waals surface area contributed by atoms with Gasteiger partial charge in [-0.2, -0.15) is 13.2 Å². The molecule has 0 radical (unpaired) electrons. The summed E-state index contributed by atoms with van der Waals surface area (Å²) >= 11 is 5.83. The number of anilines is 1. The molecule has 3 N–H and O–H groups in total. The van der Waals surface area contributed by atoms with Crippen LogP contribution in [0.15, 0.2) is 42.5 Å². The first-order valence-electron chi connectivity index (χ1n) is 7.62. The van der Waals surface area contributed by atoms with Crippen LogP contribution in [0.5, 0.6) is 0 Å². The molecular formula is C17H12ClF4N3O2. The second kappa shape index (κ2) is 6.73. The molecule has 10 heteroatoms. The molecular weight excluding hydrogens is 390 g/mol. The maximum absolute atomic E-state index is 14.0. The number of rotatable bonds is 3. The van der Waals surface area contributed by atoms with E-state index in [0.29, 0.717) is 0 Å². The summed E-state index contributed by atoms with van der Waals surface area (Å²) < 4.78 is 54.9. The monoisotopic (exact) mass is 401 g/mol. The molecule has 1 heterocycles. The van der Waals surface area contributed by atoms with Gasteiger partial charge >= 0.3 is 12.2 Å². The summed E-state index contributed by atoms with van der Waals surface area (Å²) in [6.07, 6.45) is -4.94. The van der Waals surface area contributed by atoms with Gasteiger partial charge in [0.05, 0.1) is 6.54 Å². The van der Waals surface area contributed by atoms with Crippen molar-refractivity contribution in [2.24, 2.45) is 0 Å². The maximum Gasteiger partial charge on any atom is 0.417 e. The Balaban J connectivity index is 1.97. The van der Waals surface area contributed by atoms with Crippen LogP contribution in [-0.4, -0.2) is 24.7 Å². The fraction of sp³-hybridized carbons (Fsp3) is 0.176. The Morgan fingerprint density at radius 3 is 2.44 bits per heavy atom. The van der Waals surface area contributed by atoms with Gasteiger partial charge in [0.2, 0.25) is 0 Å².